The zero-order valence-corrected chi connectivity index (χ0v) is 12.4. The maximum Gasteiger partial charge on any atom is 0.0248 e. The van der Waals surface area contributed by atoms with E-state index in [1.807, 2.05) is 0 Å². The van der Waals surface area contributed by atoms with Crippen LogP contribution in [0.2, 0.25) is 0 Å². The van der Waals surface area contributed by atoms with Crippen molar-refractivity contribution in [3.05, 3.63) is 35.4 Å². The van der Waals surface area contributed by atoms with Crippen molar-refractivity contribution in [1.29, 1.82) is 0 Å². The Kier molecular flexibility index (Phi) is 8.02. The second kappa shape index (κ2) is 9.64. The zero-order chi connectivity index (χ0) is 13.9. The highest BCUT2D eigenvalue weighted by Crippen LogP contribution is 2.10. The second-order valence-corrected chi connectivity index (χ2v) is 5.26. The van der Waals surface area contributed by atoms with Gasteiger partial charge in [0.2, 0.25) is 0 Å². The van der Waals surface area contributed by atoms with E-state index in [1.54, 1.807) is 0 Å². The summed E-state index contributed by atoms with van der Waals surface area (Å²) in [6.45, 7) is 5.22. The van der Waals surface area contributed by atoms with Crippen LogP contribution in [-0.4, -0.2) is 6.54 Å². The largest absolute Gasteiger partial charge is 0.330 e. The molecule has 0 bridgehead atoms. The highest BCUT2D eigenvalue weighted by Gasteiger charge is 1.97. The van der Waals surface area contributed by atoms with Crippen molar-refractivity contribution in [3.8, 4) is 11.8 Å². The van der Waals surface area contributed by atoms with E-state index in [-0.39, 0.29) is 0 Å². The number of nitrogens with two attached hydrogens (primary N) is 1. The van der Waals surface area contributed by atoms with Crippen LogP contribution in [0.25, 0.3) is 0 Å². The lowest BCUT2D eigenvalue weighted by atomic mass is 10.0. The van der Waals surface area contributed by atoms with Crippen LogP contribution in [0.5, 0.6) is 0 Å². The van der Waals surface area contributed by atoms with E-state index in [1.165, 1.54) is 31.2 Å². The molecule has 1 atom stereocenters. The van der Waals surface area contributed by atoms with Gasteiger partial charge in [0.05, 0.1) is 0 Å². The summed E-state index contributed by atoms with van der Waals surface area (Å²) in [6.07, 6.45) is 7.21. The molecule has 2 N–H and O–H groups in total. The van der Waals surface area contributed by atoms with E-state index in [0.29, 0.717) is 5.92 Å². The molecule has 0 spiro atoms. The Labute approximate surface area is 118 Å². The quantitative estimate of drug-likeness (QED) is 0.576. The molecule has 0 amide bonds. The van der Waals surface area contributed by atoms with Gasteiger partial charge in [0.25, 0.3) is 0 Å². The molecular weight excluding hydrogens is 230 g/mol. The summed E-state index contributed by atoms with van der Waals surface area (Å²) in [6, 6.07) is 8.54. The topological polar surface area (TPSA) is 26.0 Å². The van der Waals surface area contributed by atoms with Gasteiger partial charge in [0, 0.05) is 11.5 Å². The number of aryl methyl sites for hydroxylation is 1. The molecule has 1 heteroatoms. The Morgan fingerprint density at radius 1 is 1.21 bits per heavy atom. The van der Waals surface area contributed by atoms with Crippen molar-refractivity contribution in [1.82, 2.24) is 0 Å². The molecule has 0 radical (unpaired) electrons. The molecule has 1 aromatic rings. The van der Waals surface area contributed by atoms with Crippen LogP contribution < -0.4 is 5.73 Å². The highest BCUT2D eigenvalue weighted by molar-refractivity contribution is 5.37. The molecule has 1 aromatic carbocycles. The van der Waals surface area contributed by atoms with Gasteiger partial charge in [0.1, 0.15) is 0 Å². The smallest absolute Gasteiger partial charge is 0.0248 e. The minimum atomic E-state index is 0.499. The molecule has 0 unspecified atom stereocenters. The van der Waals surface area contributed by atoms with E-state index >= 15 is 0 Å². The average Bonchev–Trinajstić information content (AvgIpc) is 2.44. The zero-order valence-electron chi connectivity index (χ0n) is 12.4. The fourth-order valence-electron chi connectivity index (χ4n) is 2.09. The number of unbranched alkanes of at least 4 members (excludes halogenated alkanes) is 2. The Hall–Kier alpha value is -1.26. The first kappa shape index (κ1) is 15.8. The maximum absolute atomic E-state index is 5.54. The van der Waals surface area contributed by atoms with Gasteiger partial charge in [0.15, 0.2) is 0 Å². The first-order valence-electron chi connectivity index (χ1n) is 7.56. The van der Waals surface area contributed by atoms with Gasteiger partial charge in [-0.15, -0.1) is 0 Å². The van der Waals surface area contributed by atoms with E-state index in [9.17, 15) is 0 Å². The summed E-state index contributed by atoms with van der Waals surface area (Å²) in [7, 11) is 0. The van der Waals surface area contributed by atoms with Crippen LogP contribution in [-0.2, 0) is 6.42 Å². The number of hydrogen-bond donors (Lipinski definition) is 1. The Bertz CT molecular complexity index is 411. The van der Waals surface area contributed by atoms with Crippen molar-refractivity contribution in [3.63, 3.8) is 0 Å². The lowest BCUT2D eigenvalue weighted by Gasteiger charge is -2.02. The van der Waals surface area contributed by atoms with E-state index in [2.05, 4.69) is 50.0 Å². The first-order chi connectivity index (χ1) is 9.26. The third-order valence-corrected chi connectivity index (χ3v) is 3.30. The van der Waals surface area contributed by atoms with Gasteiger partial charge in [-0.1, -0.05) is 57.1 Å². The molecule has 0 fully saturated rings. The minimum absolute atomic E-state index is 0.499. The molecule has 1 rings (SSSR count). The average molecular weight is 257 g/mol. The Morgan fingerprint density at radius 2 is 2.05 bits per heavy atom. The summed E-state index contributed by atoms with van der Waals surface area (Å²) in [5, 5.41) is 0. The SMILES string of the molecule is CCCCC[C@@H](C)C#Cc1cccc(CCCN)c1. The standard InChI is InChI=1S/C18H27N/c1-3-4-5-8-16(2)12-13-18-10-6-9-17(15-18)11-7-14-19/h6,9-10,15-16H,3-5,7-8,11,14,19H2,1-2H3/t16-/m1/s1. The summed E-state index contributed by atoms with van der Waals surface area (Å²) in [5.74, 6) is 7.17. The van der Waals surface area contributed by atoms with Crippen molar-refractivity contribution in [2.75, 3.05) is 6.54 Å². The predicted molar refractivity (Wildman–Crippen MR) is 84.0 cm³/mol. The molecule has 0 heterocycles. The van der Waals surface area contributed by atoms with Crippen molar-refractivity contribution < 1.29 is 0 Å². The molecule has 1 nitrogen and oxygen atoms in total. The van der Waals surface area contributed by atoms with E-state index in [0.717, 1.165) is 24.9 Å². The fraction of sp³-hybridized carbons (Fsp3) is 0.556. The maximum atomic E-state index is 5.54. The molecular formula is C18H27N. The first-order valence-corrected chi connectivity index (χ1v) is 7.56. The number of hydrogen-bond acceptors (Lipinski definition) is 1. The van der Waals surface area contributed by atoms with Crippen LogP contribution in [0.3, 0.4) is 0 Å². The van der Waals surface area contributed by atoms with Crippen molar-refractivity contribution >= 4 is 0 Å². The third-order valence-electron chi connectivity index (χ3n) is 3.30. The number of benzene rings is 1. The Morgan fingerprint density at radius 3 is 2.79 bits per heavy atom. The molecule has 0 aliphatic heterocycles. The van der Waals surface area contributed by atoms with Crippen LogP contribution in [0.15, 0.2) is 24.3 Å². The van der Waals surface area contributed by atoms with E-state index in [4.69, 9.17) is 5.73 Å². The van der Waals surface area contributed by atoms with Crippen LogP contribution in [0.4, 0.5) is 0 Å². The molecule has 104 valence electrons. The fourth-order valence-corrected chi connectivity index (χ4v) is 2.09. The summed E-state index contributed by atoms with van der Waals surface area (Å²) >= 11 is 0. The van der Waals surface area contributed by atoms with E-state index < -0.39 is 0 Å². The van der Waals surface area contributed by atoms with Crippen LogP contribution in [0, 0.1) is 17.8 Å². The second-order valence-electron chi connectivity index (χ2n) is 5.26. The van der Waals surface area contributed by atoms with Gasteiger partial charge in [-0.05, 0) is 43.5 Å². The van der Waals surface area contributed by atoms with Crippen molar-refractivity contribution in [2.45, 2.75) is 52.4 Å². The van der Waals surface area contributed by atoms with Crippen molar-refractivity contribution in [2.24, 2.45) is 11.7 Å². The van der Waals surface area contributed by atoms with Gasteiger partial charge >= 0.3 is 0 Å². The molecule has 0 aromatic heterocycles. The normalized spacial score (nSPS) is 11.7. The monoisotopic (exact) mass is 257 g/mol. The Balaban J connectivity index is 2.51. The summed E-state index contributed by atoms with van der Waals surface area (Å²) in [5.41, 5.74) is 8.02. The molecule has 0 aliphatic carbocycles. The molecule has 19 heavy (non-hydrogen) atoms. The molecule has 0 aliphatic rings. The number of rotatable bonds is 7. The summed E-state index contributed by atoms with van der Waals surface area (Å²) in [4.78, 5) is 0. The predicted octanol–water partition coefficient (Wildman–Crippen LogP) is 4.15. The minimum Gasteiger partial charge on any atom is -0.330 e. The van der Waals surface area contributed by atoms with Gasteiger partial charge in [-0.2, -0.15) is 0 Å². The lowest BCUT2D eigenvalue weighted by Crippen LogP contribution is -2.00. The van der Waals surface area contributed by atoms with Gasteiger partial charge in [-0.3, -0.25) is 0 Å². The molecule has 0 saturated heterocycles. The van der Waals surface area contributed by atoms with Crippen LogP contribution in [0.1, 0.15) is 57.1 Å². The highest BCUT2D eigenvalue weighted by atomic mass is 14.5. The lowest BCUT2D eigenvalue weighted by molar-refractivity contribution is 0.588. The van der Waals surface area contributed by atoms with Crippen LogP contribution >= 0.6 is 0 Å². The summed E-state index contributed by atoms with van der Waals surface area (Å²) < 4.78 is 0. The van der Waals surface area contributed by atoms with Gasteiger partial charge in [-0.25, -0.2) is 0 Å². The third kappa shape index (κ3) is 7.03. The van der Waals surface area contributed by atoms with Gasteiger partial charge < -0.3 is 5.73 Å². The molecule has 0 saturated carbocycles.